The molecule has 0 fully saturated rings. The van der Waals surface area contributed by atoms with Crippen molar-refractivity contribution in [3.05, 3.63) is 77.1 Å². The van der Waals surface area contributed by atoms with Gasteiger partial charge in [-0.15, -0.1) is 0 Å². The average Bonchev–Trinajstić information content (AvgIpc) is 3.60. The van der Waals surface area contributed by atoms with Gasteiger partial charge in [0.2, 0.25) is 29.5 Å². The molecule has 1 aromatic heterocycles. The van der Waals surface area contributed by atoms with Crippen molar-refractivity contribution < 1.29 is 57.7 Å². The summed E-state index contributed by atoms with van der Waals surface area (Å²) in [7, 11) is 0. The van der Waals surface area contributed by atoms with Gasteiger partial charge >= 0.3 is 11.9 Å². The summed E-state index contributed by atoms with van der Waals surface area (Å²) in [4.78, 5) is 86.9. The summed E-state index contributed by atoms with van der Waals surface area (Å²) >= 11 is 0. The predicted molar refractivity (Wildman–Crippen MR) is 226 cm³/mol. The fraction of sp³-hybridized carbons (Fsp3) is 0.512. The molecule has 0 radical (unpaired) electrons. The minimum absolute atomic E-state index is 0.0490. The van der Waals surface area contributed by atoms with E-state index in [1.165, 1.54) is 11.8 Å². The molecule has 0 aliphatic heterocycles. The maximum absolute atomic E-state index is 15.7. The Labute approximate surface area is 360 Å². The lowest BCUT2D eigenvalue weighted by Crippen LogP contribution is -2.51. The van der Waals surface area contributed by atoms with Crippen molar-refractivity contribution in [2.45, 2.75) is 98.3 Å². The molecule has 0 bridgehead atoms. The number of nitrogens with two attached hydrogens (primary N) is 1. The summed E-state index contributed by atoms with van der Waals surface area (Å²) in [6.07, 6.45) is 1.16. The molecule has 0 aliphatic rings. The maximum atomic E-state index is 15.7. The second-order valence-corrected chi connectivity index (χ2v) is 16.1. The van der Waals surface area contributed by atoms with Crippen LogP contribution in [-0.4, -0.2) is 111 Å². The van der Waals surface area contributed by atoms with E-state index < -0.39 is 109 Å². The fourth-order valence-electron chi connectivity index (χ4n) is 6.49. The normalized spacial score (nSPS) is 13.6. The molecule has 9 N–H and O–H groups in total. The van der Waals surface area contributed by atoms with E-state index in [2.05, 4.69) is 21.3 Å². The molecule has 0 spiro atoms. The highest BCUT2D eigenvalue weighted by molar-refractivity contribution is 5.91. The molecule has 17 nitrogen and oxygen atoms in total. The molecule has 1 aromatic carbocycles. The number of carboxylic acids is 2. The highest BCUT2D eigenvalue weighted by Crippen LogP contribution is 2.41. The van der Waals surface area contributed by atoms with Gasteiger partial charge in [0, 0.05) is 68.0 Å². The number of carbonyl (C=O) groups is 7. The summed E-state index contributed by atoms with van der Waals surface area (Å²) in [5.41, 5.74) is 7.44. The van der Waals surface area contributed by atoms with Crippen molar-refractivity contribution in [3.8, 4) is 0 Å². The van der Waals surface area contributed by atoms with Crippen LogP contribution in [0.25, 0.3) is 5.57 Å². The van der Waals surface area contributed by atoms with E-state index in [-0.39, 0.29) is 44.5 Å². The summed E-state index contributed by atoms with van der Waals surface area (Å²) in [5.74, 6) is -7.74. The zero-order valence-electron chi connectivity index (χ0n) is 36.1. The smallest absolute Gasteiger partial charge is 0.303 e. The van der Waals surface area contributed by atoms with Crippen molar-refractivity contribution in [3.63, 3.8) is 0 Å². The molecule has 19 heteroatoms. The molecule has 0 saturated carbocycles. The number of rotatable bonds is 25. The Kier molecular flexibility index (Phi) is 21.1. The second-order valence-electron chi connectivity index (χ2n) is 16.1. The number of allylic oxidation sites excluding steroid dienone is 4. The van der Waals surface area contributed by atoms with Crippen molar-refractivity contribution >= 4 is 47.0 Å². The zero-order chi connectivity index (χ0) is 46.7. The number of benzene rings is 1. The summed E-state index contributed by atoms with van der Waals surface area (Å²) in [6, 6.07) is 7.84. The first-order valence-electron chi connectivity index (χ1n) is 20.2. The lowest BCUT2D eigenvalue weighted by atomic mass is 9.82. The average molecular weight is 874 g/mol. The van der Waals surface area contributed by atoms with Crippen LogP contribution in [0.15, 0.2) is 60.3 Å². The first-order chi connectivity index (χ1) is 29.0. The molecular weight excluding hydrogens is 813 g/mol. The first-order valence-corrected chi connectivity index (χ1v) is 20.2. The third kappa shape index (κ3) is 17.6. The predicted octanol–water partition coefficient (Wildman–Crippen LogP) is 2.93. The number of aromatic nitrogens is 1. The second kappa shape index (κ2) is 25.1. The van der Waals surface area contributed by atoms with Crippen LogP contribution < -0.4 is 27.0 Å². The van der Waals surface area contributed by atoms with Gasteiger partial charge in [-0.3, -0.25) is 33.6 Å². The number of nitrogens with one attached hydrogen (secondary N) is 4. The summed E-state index contributed by atoms with van der Waals surface area (Å²) < 4.78 is 31.9. The molecule has 2 aromatic rings. The largest absolute Gasteiger partial charge is 0.481 e. The third-order valence-corrected chi connectivity index (χ3v) is 9.46. The standard InChI is InChI=1S/C43H61F2N7O10/c1-26(2)39(45)30(20-27(3)44)29-21-33(51(24-29)23-28-10-8-7-9-11-28)40(43(4,5)6)52(36(56)25-53)19-16-31(46)41(61)47-17-18-48-42(62)32(12-14-37(57)58)50-35(55)22-49-34(54)13-15-38(59)60/h7-11,20-21,24,26,31-32,40,53H,12-19,22-23,25,46H2,1-6H3,(H,47,61)(H,48,62)(H,49,54)(H,50,55)(H,57,58)(H,59,60)/b27-20+,39-30-/t31-,32+,40-/m0/s1. The molecule has 3 atom stereocenters. The van der Waals surface area contributed by atoms with E-state index >= 15 is 4.39 Å². The Morgan fingerprint density at radius 2 is 1.48 bits per heavy atom. The number of carbonyl (C=O) groups excluding carboxylic acids is 5. The van der Waals surface area contributed by atoms with Crippen LogP contribution in [0.4, 0.5) is 8.78 Å². The first kappa shape index (κ1) is 52.2. The highest BCUT2D eigenvalue weighted by atomic mass is 19.1. The molecule has 0 saturated heterocycles. The van der Waals surface area contributed by atoms with Crippen LogP contribution >= 0.6 is 0 Å². The third-order valence-electron chi connectivity index (χ3n) is 9.46. The van der Waals surface area contributed by atoms with E-state index in [4.69, 9.17) is 15.9 Å². The number of aliphatic hydroxyl groups excluding tert-OH is 1. The number of carboxylic acid groups (broad SMARTS) is 2. The molecule has 62 heavy (non-hydrogen) atoms. The molecule has 5 amide bonds. The lowest BCUT2D eigenvalue weighted by Gasteiger charge is -2.41. The summed E-state index contributed by atoms with van der Waals surface area (Å²) in [5, 5.41) is 37.6. The number of aliphatic hydroxyl groups is 1. The van der Waals surface area contributed by atoms with Crippen molar-refractivity contribution in [1.82, 2.24) is 30.7 Å². The SMILES string of the molecule is C/C(F)=C\C(=C(\F)C(C)C)c1cc([C@H](N(CC[C@H](N)C(=O)NCCNC(=O)[C@@H](CCC(=O)O)NC(=O)CNC(=O)CCC(=O)O)C(=O)CO)C(C)(C)C)n(Cc2ccccc2)c1. The molecule has 342 valence electrons. The number of nitrogens with zero attached hydrogens (tertiary/aromatic N) is 2. The van der Waals surface area contributed by atoms with Crippen molar-refractivity contribution in [2.24, 2.45) is 17.1 Å². The minimum Gasteiger partial charge on any atom is -0.481 e. The molecule has 0 aliphatic carbocycles. The van der Waals surface area contributed by atoms with E-state index in [9.17, 15) is 43.1 Å². The molecule has 2 rings (SSSR count). The van der Waals surface area contributed by atoms with Crippen LogP contribution in [-0.2, 0) is 40.1 Å². The molecule has 0 unspecified atom stereocenters. The number of halogens is 2. The number of hydrogen-bond acceptors (Lipinski definition) is 9. The van der Waals surface area contributed by atoms with E-state index in [1.54, 1.807) is 26.1 Å². The van der Waals surface area contributed by atoms with Gasteiger partial charge in [0.1, 0.15) is 18.5 Å². The van der Waals surface area contributed by atoms with Gasteiger partial charge in [0.25, 0.3) is 0 Å². The fourth-order valence-corrected chi connectivity index (χ4v) is 6.49. The topological polar surface area (TPSA) is 262 Å². The van der Waals surface area contributed by atoms with Crippen LogP contribution in [0, 0.1) is 11.3 Å². The minimum atomic E-state index is -1.32. The Balaban J connectivity index is 2.25. The Bertz CT molecular complexity index is 1940. The Morgan fingerprint density at radius 1 is 0.871 bits per heavy atom. The lowest BCUT2D eigenvalue weighted by molar-refractivity contribution is -0.140. The van der Waals surface area contributed by atoms with Crippen molar-refractivity contribution in [1.29, 1.82) is 0 Å². The van der Waals surface area contributed by atoms with Crippen LogP contribution in [0.2, 0.25) is 0 Å². The zero-order valence-corrected chi connectivity index (χ0v) is 36.1. The molecular formula is C43H61F2N7O10. The van der Waals surface area contributed by atoms with Gasteiger partial charge in [-0.2, -0.15) is 0 Å². The van der Waals surface area contributed by atoms with Gasteiger partial charge in [-0.1, -0.05) is 65.0 Å². The van der Waals surface area contributed by atoms with Gasteiger partial charge < -0.3 is 51.8 Å². The van der Waals surface area contributed by atoms with Gasteiger partial charge in [-0.05, 0) is 42.9 Å². The van der Waals surface area contributed by atoms with Crippen LogP contribution in [0.3, 0.4) is 0 Å². The molecule has 1 heterocycles. The van der Waals surface area contributed by atoms with Crippen molar-refractivity contribution in [2.75, 3.05) is 32.8 Å². The number of amides is 5. The van der Waals surface area contributed by atoms with E-state index in [0.717, 1.165) is 11.6 Å². The van der Waals surface area contributed by atoms with Gasteiger partial charge in [0.15, 0.2) is 0 Å². The Morgan fingerprint density at radius 3 is 2.03 bits per heavy atom. The van der Waals surface area contributed by atoms with E-state index in [0.29, 0.717) is 17.8 Å². The monoisotopic (exact) mass is 873 g/mol. The Hall–Kier alpha value is -5.95. The number of hydrogen-bond donors (Lipinski definition) is 8. The van der Waals surface area contributed by atoms with Crippen LogP contribution in [0.5, 0.6) is 0 Å². The van der Waals surface area contributed by atoms with Crippen LogP contribution in [0.1, 0.15) is 96.5 Å². The van der Waals surface area contributed by atoms with Gasteiger partial charge in [-0.25, -0.2) is 8.78 Å². The summed E-state index contributed by atoms with van der Waals surface area (Å²) in [6.45, 7) is 8.63. The highest BCUT2D eigenvalue weighted by Gasteiger charge is 2.37. The van der Waals surface area contributed by atoms with E-state index in [1.807, 2.05) is 55.7 Å². The quantitative estimate of drug-likeness (QED) is 0.0531. The van der Waals surface area contributed by atoms with Gasteiger partial charge in [0.05, 0.1) is 30.9 Å². The number of aliphatic carboxylic acids is 2. The maximum Gasteiger partial charge on any atom is 0.303 e.